The summed E-state index contributed by atoms with van der Waals surface area (Å²) in [5.74, 6) is -0.256. The number of carbonyl (C=O) groups is 2. The van der Waals surface area contributed by atoms with Gasteiger partial charge in [-0.1, -0.05) is 18.2 Å². The molecule has 0 bridgehead atoms. The number of nitrogen functional groups attached to an aromatic ring is 1. The molecule has 2 heterocycles. The molecule has 0 unspecified atom stereocenters. The fraction of sp³-hybridized carbons (Fsp3) is 0.0870. The van der Waals surface area contributed by atoms with Crippen molar-refractivity contribution in [2.24, 2.45) is 0 Å². The summed E-state index contributed by atoms with van der Waals surface area (Å²) in [5.41, 5.74) is 9.01. The van der Waals surface area contributed by atoms with Crippen LogP contribution in [0.5, 0.6) is 0 Å². The van der Waals surface area contributed by atoms with E-state index < -0.39 is 5.91 Å². The molecule has 0 spiro atoms. The second-order valence-electron chi connectivity index (χ2n) is 6.90. The van der Waals surface area contributed by atoms with Crippen LogP contribution in [0.15, 0.2) is 77.5 Å². The summed E-state index contributed by atoms with van der Waals surface area (Å²) in [6.45, 7) is 0.485. The number of nitrogens with two attached hydrogens (primary N) is 1. The van der Waals surface area contributed by atoms with Crippen LogP contribution in [-0.2, 0) is 6.42 Å². The number of fused-ring (bicyclic) bond motifs is 1. The Morgan fingerprint density at radius 1 is 1.00 bits per heavy atom. The number of hydrogen-bond acceptors (Lipinski definition) is 5. The number of benzene rings is 2. The second-order valence-corrected chi connectivity index (χ2v) is 6.90. The van der Waals surface area contributed by atoms with Gasteiger partial charge >= 0.3 is 6.03 Å². The van der Waals surface area contributed by atoms with Gasteiger partial charge in [-0.25, -0.2) is 4.79 Å². The maximum absolute atomic E-state index is 12.5. The Bertz CT molecular complexity index is 1220. The minimum atomic E-state index is -0.406. The molecule has 2 aromatic heterocycles. The largest absolute Gasteiger partial charge is 0.451 e. The molecule has 0 atom stereocenters. The van der Waals surface area contributed by atoms with Gasteiger partial charge in [0, 0.05) is 30.0 Å². The topological polar surface area (TPSA) is 122 Å². The molecule has 5 N–H and O–H groups in total. The van der Waals surface area contributed by atoms with Crippen molar-refractivity contribution in [1.29, 1.82) is 0 Å². The van der Waals surface area contributed by atoms with Crippen LogP contribution in [0.2, 0.25) is 0 Å². The number of pyridine rings is 1. The van der Waals surface area contributed by atoms with E-state index in [1.807, 2.05) is 12.1 Å². The first-order chi connectivity index (χ1) is 15.1. The lowest BCUT2D eigenvalue weighted by molar-refractivity contribution is 0.0998. The maximum Gasteiger partial charge on any atom is 0.319 e. The lowest BCUT2D eigenvalue weighted by atomic mass is 10.2. The van der Waals surface area contributed by atoms with Gasteiger partial charge in [0.05, 0.1) is 11.4 Å². The molecule has 8 heteroatoms. The van der Waals surface area contributed by atoms with Gasteiger partial charge in [0.1, 0.15) is 5.58 Å². The molecule has 0 fully saturated rings. The summed E-state index contributed by atoms with van der Waals surface area (Å²) in [7, 11) is 0. The van der Waals surface area contributed by atoms with E-state index in [9.17, 15) is 9.59 Å². The molecule has 0 aliphatic heterocycles. The molecule has 0 saturated heterocycles. The molecule has 8 nitrogen and oxygen atoms in total. The highest BCUT2D eigenvalue weighted by atomic mass is 16.3. The van der Waals surface area contributed by atoms with E-state index in [4.69, 9.17) is 10.2 Å². The van der Waals surface area contributed by atoms with E-state index in [1.54, 1.807) is 60.9 Å². The quantitative estimate of drug-likeness (QED) is 0.354. The third kappa shape index (κ3) is 4.99. The first-order valence-electron chi connectivity index (χ1n) is 9.72. The molecular formula is C23H21N5O3. The van der Waals surface area contributed by atoms with Gasteiger partial charge in [0.25, 0.3) is 5.91 Å². The van der Waals surface area contributed by atoms with Gasteiger partial charge in [0.15, 0.2) is 5.76 Å². The molecule has 3 amide bonds. The maximum atomic E-state index is 12.5. The Balaban J connectivity index is 1.37. The first kappa shape index (κ1) is 20.0. The van der Waals surface area contributed by atoms with Crippen molar-refractivity contribution in [2.75, 3.05) is 22.9 Å². The van der Waals surface area contributed by atoms with Crippen LogP contribution in [-0.4, -0.2) is 23.5 Å². The molecule has 0 saturated carbocycles. The highest BCUT2D eigenvalue weighted by Gasteiger charge is 2.14. The molecular weight excluding hydrogens is 394 g/mol. The normalized spacial score (nSPS) is 10.6. The number of nitrogens with zero attached hydrogens (tertiary/aromatic N) is 1. The minimum Gasteiger partial charge on any atom is -0.451 e. The second kappa shape index (κ2) is 9.00. The smallest absolute Gasteiger partial charge is 0.319 e. The molecule has 31 heavy (non-hydrogen) atoms. The predicted molar refractivity (Wildman–Crippen MR) is 120 cm³/mol. The van der Waals surface area contributed by atoms with E-state index >= 15 is 0 Å². The Labute approximate surface area is 178 Å². The molecule has 156 valence electrons. The zero-order valence-corrected chi connectivity index (χ0v) is 16.6. The van der Waals surface area contributed by atoms with Crippen molar-refractivity contribution < 1.29 is 14.0 Å². The van der Waals surface area contributed by atoms with Crippen molar-refractivity contribution >= 4 is 40.0 Å². The van der Waals surface area contributed by atoms with Crippen LogP contribution >= 0.6 is 0 Å². The summed E-state index contributed by atoms with van der Waals surface area (Å²) in [5, 5.41) is 9.01. The van der Waals surface area contributed by atoms with E-state index in [0.717, 1.165) is 5.56 Å². The molecule has 4 rings (SSSR count). The number of carbonyl (C=O) groups excluding carboxylic acids is 2. The number of urea groups is 1. The van der Waals surface area contributed by atoms with Crippen molar-refractivity contribution in [3.8, 4) is 0 Å². The number of aromatic nitrogens is 1. The SMILES string of the molecule is Nc1ccccc1NC(=O)c1cc2cc(NC(=O)NCCc3cccnc3)ccc2o1. The third-order valence-electron chi connectivity index (χ3n) is 4.63. The fourth-order valence-electron chi connectivity index (χ4n) is 3.07. The third-order valence-corrected chi connectivity index (χ3v) is 4.63. The van der Waals surface area contributed by atoms with Crippen LogP contribution in [0.25, 0.3) is 11.0 Å². The van der Waals surface area contributed by atoms with Gasteiger partial charge in [0.2, 0.25) is 0 Å². The van der Waals surface area contributed by atoms with E-state index in [-0.39, 0.29) is 11.8 Å². The predicted octanol–water partition coefficient (Wildman–Crippen LogP) is 4.03. The summed E-state index contributed by atoms with van der Waals surface area (Å²) >= 11 is 0. The number of nitrogens with one attached hydrogen (secondary N) is 3. The number of furan rings is 1. The van der Waals surface area contributed by atoms with Crippen molar-refractivity contribution in [3.63, 3.8) is 0 Å². The standard InChI is InChI=1S/C23H21N5O3/c24-18-5-1-2-6-19(18)28-22(29)21-13-16-12-17(7-8-20(16)31-21)27-23(30)26-11-9-15-4-3-10-25-14-15/h1-8,10,12-14H,9,11,24H2,(H,28,29)(H2,26,27,30). The number of amides is 3. The van der Waals surface area contributed by atoms with Gasteiger partial charge in [-0.05, 0) is 54.4 Å². The van der Waals surface area contributed by atoms with Gasteiger partial charge in [-0.3, -0.25) is 9.78 Å². The highest BCUT2D eigenvalue weighted by Crippen LogP contribution is 2.25. The molecule has 0 aliphatic carbocycles. The Morgan fingerprint density at radius 3 is 2.68 bits per heavy atom. The van der Waals surface area contributed by atoms with Crippen LogP contribution in [0.1, 0.15) is 16.1 Å². The van der Waals surface area contributed by atoms with Crippen LogP contribution < -0.4 is 21.7 Å². The van der Waals surface area contributed by atoms with E-state index in [1.165, 1.54) is 0 Å². The molecule has 0 radical (unpaired) electrons. The monoisotopic (exact) mass is 415 g/mol. The van der Waals surface area contributed by atoms with Crippen molar-refractivity contribution in [3.05, 3.63) is 84.4 Å². The molecule has 2 aromatic carbocycles. The summed E-state index contributed by atoms with van der Waals surface area (Å²) < 4.78 is 5.63. The zero-order chi connectivity index (χ0) is 21.6. The van der Waals surface area contributed by atoms with Crippen LogP contribution in [0.3, 0.4) is 0 Å². The fourth-order valence-corrected chi connectivity index (χ4v) is 3.07. The Kier molecular flexibility index (Phi) is 5.79. The zero-order valence-electron chi connectivity index (χ0n) is 16.6. The average Bonchev–Trinajstić information content (AvgIpc) is 3.20. The first-order valence-corrected chi connectivity index (χ1v) is 9.72. The number of para-hydroxylation sites is 2. The number of rotatable bonds is 6. The van der Waals surface area contributed by atoms with E-state index in [0.29, 0.717) is 41.0 Å². The minimum absolute atomic E-state index is 0.149. The average molecular weight is 415 g/mol. The lowest BCUT2D eigenvalue weighted by Gasteiger charge is -2.07. The Morgan fingerprint density at radius 2 is 1.87 bits per heavy atom. The summed E-state index contributed by atoms with van der Waals surface area (Å²) in [6.07, 6.45) is 4.17. The van der Waals surface area contributed by atoms with Crippen LogP contribution in [0, 0.1) is 0 Å². The number of hydrogen-bond donors (Lipinski definition) is 4. The van der Waals surface area contributed by atoms with Gasteiger partial charge in [-0.15, -0.1) is 0 Å². The van der Waals surface area contributed by atoms with Crippen molar-refractivity contribution in [1.82, 2.24) is 10.3 Å². The molecule has 4 aromatic rings. The van der Waals surface area contributed by atoms with Gasteiger partial charge < -0.3 is 26.1 Å². The van der Waals surface area contributed by atoms with Crippen LogP contribution in [0.4, 0.5) is 21.9 Å². The lowest BCUT2D eigenvalue weighted by Crippen LogP contribution is -2.30. The van der Waals surface area contributed by atoms with Crippen molar-refractivity contribution in [2.45, 2.75) is 6.42 Å². The van der Waals surface area contributed by atoms with E-state index in [2.05, 4.69) is 20.9 Å². The Hall–Kier alpha value is -4.33. The molecule has 0 aliphatic rings. The highest BCUT2D eigenvalue weighted by molar-refractivity contribution is 6.06. The summed E-state index contributed by atoms with van der Waals surface area (Å²) in [6, 6.07) is 17.3. The van der Waals surface area contributed by atoms with Gasteiger partial charge in [-0.2, -0.15) is 0 Å². The summed E-state index contributed by atoms with van der Waals surface area (Å²) in [4.78, 5) is 28.7. The number of anilines is 3.